The lowest BCUT2D eigenvalue weighted by molar-refractivity contribution is -0.174. The number of pyridine rings is 1. The van der Waals surface area contributed by atoms with Crippen molar-refractivity contribution in [3.05, 3.63) is 48.2 Å². The summed E-state index contributed by atoms with van der Waals surface area (Å²) in [7, 11) is 0. The molecule has 0 radical (unpaired) electrons. The number of amides is 1. The van der Waals surface area contributed by atoms with Gasteiger partial charge in [0.25, 0.3) is 5.91 Å². The van der Waals surface area contributed by atoms with Crippen LogP contribution in [0, 0.1) is 0 Å². The summed E-state index contributed by atoms with van der Waals surface area (Å²) in [5.74, 6) is 1.91. The van der Waals surface area contributed by atoms with Crippen LogP contribution in [0.1, 0.15) is 23.2 Å². The summed E-state index contributed by atoms with van der Waals surface area (Å²) in [5.41, 5.74) is 0.287. The standard InChI is InChI=1S/C20H20N2O5/c23-19(14-4-5-16-17(9-14)25-13-24-16)22-11-20(12-22)10-15(6-8-26-20)27-18-3-1-2-7-21-18/h1-5,7,9,15H,6,8,10-13H2/t15-/m1/s1. The summed E-state index contributed by atoms with van der Waals surface area (Å²) in [5, 5.41) is 0. The van der Waals surface area contributed by atoms with Crippen molar-refractivity contribution in [1.82, 2.24) is 9.88 Å². The molecule has 7 heteroatoms. The first-order chi connectivity index (χ1) is 13.2. The van der Waals surface area contributed by atoms with Crippen molar-refractivity contribution in [3.63, 3.8) is 0 Å². The van der Waals surface area contributed by atoms with Gasteiger partial charge in [0.15, 0.2) is 11.5 Å². The van der Waals surface area contributed by atoms with E-state index in [1.165, 1.54) is 0 Å². The predicted octanol–water partition coefficient (Wildman–Crippen LogP) is 2.26. The monoisotopic (exact) mass is 368 g/mol. The molecule has 1 amide bonds. The molecule has 2 aromatic rings. The number of hydrogen-bond donors (Lipinski definition) is 0. The van der Waals surface area contributed by atoms with Gasteiger partial charge in [-0.1, -0.05) is 6.07 Å². The van der Waals surface area contributed by atoms with Crippen LogP contribution in [0.4, 0.5) is 0 Å². The van der Waals surface area contributed by atoms with Crippen molar-refractivity contribution in [1.29, 1.82) is 0 Å². The van der Waals surface area contributed by atoms with Gasteiger partial charge in [0, 0.05) is 30.7 Å². The Hall–Kier alpha value is -2.80. The quantitative estimate of drug-likeness (QED) is 0.828. The summed E-state index contributed by atoms with van der Waals surface area (Å²) in [6.45, 7) is 1.97. The number of fused-ring (bicyclic) bond motifs is 1. The maximum absolute atomic E-state index is 12.8. The van der Waals surface area contributed by atoms with E-state index in [9.17, 15) is 4.79 Å². The minimum absolute atomic E-state index is 0.0182. The second-order valence-electron chi connectivity index (χ2n) is 7.16. The van der Waals surface area contributed by atoms with Gasteiger partial charge >= 0.3 is 0 Å². The molecule has 1 atom stereocenters. The smallest absolute Gasteiger partial charge is 0.254 e. The van der Waals surface area contributed by atoms with Crippen molar-refractivity contribution in [2.75, 3.05) is 26.5 Å². The number of rotatable bonds is 3. The molecule has 3 aliphatic heterocycles. The maximum atomic E-state index is 12.8. The molecule has 0 unspecified atom stereocenters. The van der Waals surface area contributed by atoms with Crippen molar-refractivity contribution in [2.24, 2.45) is 0 Å². The number of nitrogens with zero attached hydrogens (tertiary/aromatic N) is 2. The lowest BCUT2D eigenvalue weighted by Crippen LogP contribution is -2.67. The van der Waals surface area contributed by atoms with Gasteiger partial charge in [-0.2, -0.15) is 0 Å². The van der Waals surface area contributed by atoms with Crippen LogP contribution in [0.2, 0.25) is 0 Å². The minimum atomic E-state index is -0.316. The summed E-state index contributed by atoms with van der Waals surface area (Å²) in [6, 6.07) is 10.9. The van der Waals surface area contributed by atoms with Crippen molar-refractivity contribution < 1.29 is 23.7 Å². The van der Waals surface area contributed by atoms with Crippen LogP contribution in [-0.4, -0.2) is 54.0 Å². The molecule has 2 fully saturated rings. The third kappa shape index (κ3) is 3.08. The van der Waals surface area contributed by atoms with Gasteiger partial charge in [-0.05, 0) is 24.3 Å². The zero-order chi connectivity index (χ0) is 18.3. The van der Waals surface area contributed by atoms with Gasteiger partial charge in [0.2, 0.25) is 12.7 Å². The molecule has 0 saturated carbocycles. The normalized spacial score (nSPS) is 22.4. The van der Waals surface area contributed by atoms with E-state index >= 15 is 0 Å². The van der Waals surface area contributed by atoms with E-state index in [0.29, 0.717) is 42.6 Å². The predicted molar refractivity (Wildman–Crippen MR) is 95.0 cm³/mol. The second-order valence-corrected chi connectivity index (χ2v) is 7.16. The Balaban J connectivity index is 1.22. The number of aromatic nitrogens is 1. The Labute approximate surface area is 156 Å². The van der Waals surface area contributed by atoms with Gasteiger partial charge in [-0.3, -0.25) is 4.79 Å². The highest BCUT2D eigenvalue weighted by atomic mass is 16.7. The molecule has 3 aliphatic rings. The van der Waals surface area contributed by atoms with Gasteiger partial charge < -0.3 is 23.8 Å². The number of carbonyl (C=O) groups is 1. The molecule has 0 bridgehead atoms. The molecule has 0 aliphatic carbocycles. The average molecular weight is 368 g/mol. The number of carbonyl (C=O) groups excluding carboxylic acids is 1. The van der Waals surface area contributed by atoms with Crippen molar-refractivity contribution in [3.8, 4) is 17.4 Å². The van der Waals surface area contributed by atoms with Crippen LogP contribution in [0.5, 0.6) is 17.4 Å². The Bertz CT molecular complexity index is 851. The maximum Gasteiger partial charge on any atom is 0.254 e. The molecule has 0 N–H and O–H groups in total. The van der Waals surface area contributed by atoms with E-state index in [-0.39, 0.29) is 24.4 Å². The molecule has 2 saturated heterocycles. The van der Waals surface area contributed by atoms with Crippen LogP contribution >= 0.6 is 0 Å². The van der Waals surface area contributed by atoms with E-state index in [1.54, 1.807) is 29.3 Å². The number of benzene rings is 1. The first-order valence-electron chi connectivity index (χ1n) is 9.11. The molecule has 1 aromatic heterocycles. The average Bonchev–Trinajstić information content (AvgIpc) is 3.14. The molecule has 1 spiro atoms. The highest BCUT2D eigenvalue weighted by molar-refractivity contribution is 5.95. The van der Waals surface area contributed by atoms with E-state index < -0.39 is 0 Å². The third-order valence-corrected chi connectivity index (χ3v) is 5.24. The summed E-state index contributed by atoms with van der Waals surface area (Å²) >= 11 is 0. The Kier molecular flexibility index (Phi) is 3.89. The van der Waals surface area contributed by atoms with Crippen LogP contribution in [0.3, 0.4) is 0 Å². The molecule has 27 heavy (non-hydrogen) atoms. The fourth-order valence-electron chi connectivity index (χ4n) is 3.90. The molecule has 1 aromatic carbocycles. The fourth-order valence-corrected chi connectivity index (χ4v) is 3.90. The highest BCUT2D eigenvalue weighted by Crippen LogP contribution is 2.38. The fraction of sp³-hybridized carbons (Fsp3) is 0.400. The summed E-state index contributed by atoms with van der Waals surface area (Å²) < 4.78 is 22.7. The zero-order valence-corrected chi connectivity index (χ0v) is 14.8. The van der Waals surface area contributed by atoms with E-state index in [0.717, 1.165) is 12.8 Å². The molecular formula is C20H20N2O5. The number of likely N-dealkylation sites (tertiary alicyclic amines) is 1. The lowest BCUT2D eigenvalue weighted by atomic mass is 9.84. The highest BCUT2D eigenvalue weighted by Gasteiger charge is 2.50. The Morgan fingerprint density at radius 2 is 2.07 bits per heavy atom. The van der Waals surface area contributed by atoms with Crippen LogP contribution in [0.15, 0.2) is 42.6 Å². The number of ether oxygens (including phenoxy) is 4. The van der Waals surface area contributed by atoms with Crippen molar-refractivity contribution in [2.45, 2.75) is 24.5 Å². The van der Waals surface area contributed by atoms with Gasteiger partial charge in [0.1, 0.15) is 11.7 Å². The van der Waals surface area contributed by atoms with Gasteiger partial charge in [-0.25, -0.2) is 4.98 Å². The van der Waals surface area contributed by atoms with Gasteiger partial charge in [0.05, 0.1) is 19.7 Å². The number of hydrogen-bond acceptors (Lipinski definition) is 6. The second kappa shape index (κ2) is 6.42. The summed E-state index contributed by atoms with van der Waals surface area (Å²) in [4.78, 5) is 18.8. The Morgan fingerprint density at radius 3 is 2.93 bits per heavy atom. The van der Waals surface area contributed by atoms with E-state index in [2.05, 4.69) is 4.98 Å². The molecular weight excluding hydrogens is 348 g/mol. The first-order valence-corrected chi connectivity index (χ1v) is 9.11. The first kappa shape index (κ1) is 16.4. The van der Waals surface area contributed by atoms with E-state index in [1.807, 2.05) is 18.2 Å². The summed E-state index contributed by atoms with van der Waals surface area (Å²) in [6.07, 6.45) is 3.36. The van der Waals surface area contributed by atoms with Gasteiger partial charge in [-0.15, -0.1) is 0 Å². The molecule has 140 valence electrons. The Morgan fingerprint density at radius 1 is 1.19 bits per heavy atom. The van der Waals surface area contributed by atoms with Crippen LogP contribution < -0.4 is 14.2 Å². The molecule has 7 nitrogen and oxygen atoms in total. The minimum Gasteiger partial charge on any atom is -0.474 e. The molecule has 4 heterocycles. The SMILES string of the molecule is O=C(c1ccc2c(c1)OCO2)N1CC2(C[C@H](Oc3ccccn3)CCO2)C1. The lowest BCUT2D eigenvalue weighted by Gasteiger charge is -2.52. The largest absolute Gasteiger partial charge is 0.474 e. The van der Waals surface area contributed by atoms with E-state index in [4.69, 9.17) is 18.9 Å². The van der Waals surface area contributed by atoms with Crippen molar-refractivity contribution >= 4 is 5.91 Å². The van der Waals surface area contributed by atoms with Crippen LogP contribution in [0.25, 0.3) is 0 Å². The van der Waals surface area contributed by atoms with Crippen LogP contribution in [-0.2, 0) is 4.74 Å². The third-order valence-electron chi connectivity index (χ3n) is 5.24. The molecule has 5 rings (SSSR count). The zero-order valence-electron chi connectivity index (χ0n) is 14.8. The topological polar surface area (TPSA) is 70.1 Å².